The highest BCUT2D eigenvalue weighted by molar-refractivity contribution is 6.05. The Bertz CT molecular complexity index is 640. The summed E-state index contributed by atoms with van der Waals surface area (Å²) in [5.74, 6) is -0.751. The normalized spacial score (nSPS) is 15.8. The van der Waals surface area contributed by atoms with Gasteiger partial charge in [0.1, 0.15) is 12.3 Å². The van der Waals surface area contributed by atoms with Crippen LogP contribution in [0.25, 0.3) is 0 Å². The Morgan fingerprint density at radius 3 is 2.73 bits per heavy atom. The van der Waals surface area contributed by atoms with Gasteiger partial charge in [0.05, 0.1) is 17.2 Å². The summed E-state index contributed by atoms with van der Waals surface area (Å²) in [7, 11) is 0. The van der Waals surface area contributed by atoms with Crippen LogP contribution in [0.3, 0.4) is 0 Å². The van der Waals surface area contributed by atoms with Crippen molar-refractivity contribution in [3.63, 3.8) is 0 Å². The number of rotatable bonds is 4. The third kappa shape index (κ3) is 2.85. The number of esters is 1. The minimum atomic E-state index is -1.17. The summed E-state index contributed by atoms with van der Waals surface area (Å²) in [6.45, 7) is 4.65. The van der Waals surface area contributed by atoms with Gasteiger partial charge in [-0.2, -0.15) is 0 Å². The Morgan fingerprint density at radius 1 is 1.45 bits per heavy atom. The molecule has 0 spiro atoms. The molecule has 0 N–H and O–H groups in total. The molecule has 2 rings (SSSR count). The maximum Gasteiger partial charge on any atom is 0.326 e. The van der Waals surface area contributed by atoms with Gasteiger partial charge in [-0.25, -0.2) is 0 Å². The lowest BCUT2D eigenvalue weighted by molar-refractivity contribution is -0.384. The first-order valence-electron chi connectivity index (χ1n) is 6.71. The second kappa shape index (κ2) is 5.63. The van der Waals surface area contributed by atoms with E-state index in [2.05, 4.69) is 0 Å². The van der Waals surface area contributed by atoms with Gasteiger partial charge in [-0.1, -0.05) is 0 Å². The minimum absolute atomic E-state index is 0.183. The number of non-ortho nitro benzene ring substituents is 1. The largest absolute Gasteiger partial charge is 0.476 e. The Morgan fingerprint density at radius 2 is 2.14 bits per heavy atom. The molecule has 1 aromatic rings. The highest BCUT2D eigenvalue weighted by atomic mass is 16.6. The van der Waals surface area contributed by atoms with Crippen molar-refractivity contribution in [3.8, 4) is 5.75 Å². The van der Waals surface area contributed by atoms with Gasteiger partial charge in [0, 0.05) is 12.1 Å². The summed E-state index contributed by atoms with van der Waals surface area (Å²) in [5.41, 5.74) is -1.18. The van der Waals surface area contributed by atoms with E-state index in [9.17, 15) is 19.7 Å². The number of nitro benzene ring substituents is 1. The Balaban J connectivity index is 2.46. The average Bonchev–Trinajstić information content (AvgIpc) is 2.43. The lowest BCUT2D eigenvalue weighted by Gasteiger charge is -2.38. The quantitative estimate of drug-likeness (QED) is 0.476. The molecule has 0 unspecified atom stereocenters. The Kier molecular flexibility index (Phi) is 4.03. The summed E-state index contributed by atoms with van der Waals surface area (Å²) in [4.78, 5) is 35.6. The van der Waals surface area contributed by atoms with Gasteiger partial charge in [-0.05, 0) is 26.8 Å². The molecule has 0 fully saturated rings. The number of hydrogen-bond acceptors (Lipinski definition) is 6. The van der Waals surface area contributed by atoms with E-state index in [-0.39, 0.29) is 24.5 Å². The first kappa shape index (κ1) is 15.7. The van der Waals surface area contributed by atoms with Crippen LogP contribution in [0.15, 0.2) is 18.2 Å². The molecule has 118 valence electrons. The van der Waals surface area contributed by atoms with Crippen LogP contribution < -0.4 is 9.64 Å². The molecule has 1 aliphatic rings. The molecule has 0 bridgehead atoms. The Labute approximate surface area is 126 Å². The van der Waals surface area contributed by atoms with Crippen LogP contribution in [0.2, 0.25) is 0 Å². The van der Waals surface area contributed by atoms with Gasteiger partial charge in [0.15, 0.2) is 5.60 Å². The fraction of sp³-hybridized carbons (Fsp3) is 0.429. The van der Waals surface area contributed by atoms with Crippen molar-refractivity contribution >= 4 is 23.3 Å². The molecule has 0 aromatic heterocycles. The van der Waals surface area contributed by atoms with Gasteiger partial charge in [-0.15, -0.1) is 0 Å². The summed E-state index contributed by atoms with van der Waals surface area (Å²) in [6.07, 6.45) is 0. The van der Waals surface area contributed by atoms with Crippen molar-refractivity contribution < 1.29 is 24.0 Å². The summed E-state index contributed by atoms with van der Waals surface area (Å²) >= 11 is 0. The number of fused-ring (bicyclic) bond motifs is 1. The first-order valence-corrected chi connectivity index (χ1v) is 6.71. The highest BCUT2D eigenvalue weighted by Gasteiger charge is 2.42. The van der Waals surface area contributed by atoms with E-state index >= 15 is 0 Å². The van der Waals surface area contributed by atoms with Crippen molar-refractivity contribution in [2.45, 2.75) is 26.4 Å². The molecule has 22 heavy (non-hydrogen) atoms. The van der Waals surface area contributed by atoms with Crippen LogP contribution in [0.5, 0.6) is 5.75 Å². The molecule has 1 amide bonds. The number of ether oxygens (including phenoxy) is 2. The maximum atomic E-state index is 12.5. The third-order valence-electron chi connectivity index (χ3n) is 3.16. The van der Waals surface area contributed by atoms with Crippen molar-refractivity contribution in [3.05, 3.63) is 28.3 Å². The van der Waals surface area contributed by atoms with Crippen molar-refractivity contribution in [1.29, 1.82) is 0 Å². The van der Waals surface area contributed by atoms with E-state index in [0.717, 1.165) is 4.90 Å². The van der Waals surface area contributed by atoms with Gasteiger partial charge in [-0.3, -0.25) is 24.6 Å². The van der Waals surface area contributed by atoms with Gasteiger partial charge >= 0.3 is 5.97 Å². The van der Waals surface area contributed by atoms with Gasteiger partial charge < -0.3 is 9.47 Å². The fourth-order valence-corrected chi connectivity index (χ4v) is 2.16. The lowest BCUT2D eigenvalue weighted by Crippen LogP contribution is -2.54. The predicted octanol–water partition coefficient (Wildman–Crippen LogP) is 1.66. The van der Waals surface area contributed by atoms with Gasteiger partial charge in [0.25, 0.3) is 11.6 Å². The third-order valence-corrected chi connectivity index (χ3v) is 3.16. The topological polar surface area (TPSA) is 99.0 Å². The van der Waals surface area contributed by atoms with Gasteiger partial charge in [0.2, 0.25) is 0 Å². The molecular weight excluding hydrogens is 292 g/mol. The zero-order chi connectivity index (χ0) is 16.5. The summed E-state index contributed by atoms with van der Waals surface area (Å²) in [6, 6.07) is 3.91. The number of carbonyl (C=O) groups is 2. The number of nitrogens with zero attached hydrogens (tertiary/aromatic N) is 2. The number of nitro groups is 1. The maximum absolute atomic E-state index is 12.5. The SMILES string of the molecule is CCOC(=O)CN1C(=O)C(C)(C)Oc2ccc([N+](=O)[O-])cc21. The monoisotopic (exact) mass is 308 g/mol. The number of anilines is 1. The molecule has 0 radical (unpaired) electrons. The second-order valence-corrected chi connectivity index (χ2v) is 5.22. The molecule has 8 heteroatoms. The van der Waals surface area contributed by atoms with Crippen molar-refractivity contribution in [2.24, 2.45) is 0 Å². The molecule has 0 saturated carbocycles. The standard InChI is InChI=1S/C14H16N2O6/c1-4-21-12(17)8-15-10-7-9(16(19)20)5-6-11(10)22-14(2,3)13(15)18/h5-7H,4,8H2,1-3H3. The number of hydrogen-bond donors (Lipinski definition) is 0. The van der Waals surface area contributed by atoms with Crippen LogP contribution in [-0.2, 0) is 14.3 Å². The molecular formula is C14H16N2O6. The Hall–Kier alpha value is -2.64. The zero-order valence-electron chi connectivity index (χ0n) is 12.5. The molecule has 1 aliphatic heterocycles. The van der Waals surface area contributed by atoms with E-state index in [1.807, 2.05) is 0 Å². The molecule has 8 nitrogen and oxygen atoms in total. The van der Waals surface area contributed by atoms with Crippen LogP contribution in [0.1, 0.15) is 20.8 Å². The molecule has 1 heterocycles. The fourth-order valence-electron chi connectivity index (χ4n) is 2.16. The smallest absolute Gasteiger partial charge is 0.326 e. The van der Waals surface area contributed by atoms with Crippen LogP contribution in [0, 0.1) is 10.1 Å². The summed E-state index contributed by atoms with van der Waals surface area (Å²) < 4.78 is 10.4. The second-order valence-electron chi connectivity index (χ2n) is 5.22. The number of amides is 1. The van der Waals surface area contributed by atoms with E-state index in [1.165, 1.54) is 18.2 Å². The first-order chi connectivity index (χ1) is 10.3. The predicted molar refractivity (Wildman–Crippen MR) is 76.8 cm³/mol. The molecule has 0 saturated heterocycles. The van der Waals surface area contributed by atoms with Crippen molar-refractivity contribution in [1.82, 2.24) is 0 Å². The average molecular weight is 308 g/mol. The molecule has 1 aromatic carbocycles. The van der Waals surface area contributed by atoms with E-state index in [0.29, 0.717) is 5.75 Å². The number of benzene rings is 1. The van der Waals surface area contributed by atoms with E-state index in [4.69, 9.17) is 9.47 Å². The zero-order valence-corrected chi connectivity index (χ0v) is 12.5. The number of carbonyl (C=O) groups excluding carboxylic acids is 2. The van der Waals surface area contributed by atoms with Crippen LogP contribution in [-0.4, -0.2) is 35.6 Å². The molecule has 0 atom stereocenters. The van der Waals surface area contributed by atoms with E-state index < -0.39 is 22.4 Å². The molecule has 0 aliphatic carbocycles. The minimum Gasteiger partial charge on any atom is -0.476 e. The van der Waals surface area contributed by atoms with Crippen LogP contribution in [0.4, 0.5) is 11.4 Å². The van der Waals surface area contributed by atoms with Crippen LogP contribution >= 0.6 is 0 Å². The van der Waals surface area contributed by atoms with Crippen molar-refractivity contribution in [2.75, 3.05) is 18.1 Å². The van der Waals surface area contributed by atoms with E-state index in [1.54, 1.807) is 20.8 Å². The summed E-state index contributed by atoms with van der Waals surface area (Å²) in [5, 5.41) is 10.9. The lowest BCUT2D eigenvalue weighted by atomic mass is 10.0. The highest BCUT2D eigenvalue weighted by Crippen LogP contribution is 2.39.